The monoisotopic (exact) mass is 376 g/mol. The highest BCUT2D eigenvalue weighted by atomic mass is 35.5. The molecular formula is C19H25ClN4O2. The number of unbranched alkanes of at least 4 members (excludes halogenated alkanes) is 2. The van der Waals surface area contributed by atoms with E-state index in [0.717, 1.165) is 51.0 Å². The van der Waals surface area contributed by atoms with Crippen molar-refractivity contribution in [2.45, 2.75) is 39.2 Å². The van der Waals surface area contributed by atoms with Crippen molar-refractivity contribution in [1.29, 1.82) is 0 Å². The summed E-state index contributed by atoms with van der Waals surface area (Å²) in [6.07, 6.45) is 3.92. The van der Waals surface area contributed by atoms with Crippen molar-refractivity contribution in [2.24, 2.45) is 0 Å². The van der Waals surface area contributed by atoms with Gasteiger partial charge in [0.25, 0.3) is 5.89 Å². The van der Waals surface area contributed by atoms with E-state index in [1.54, 1.807) is 6.07 Å². The largest absolute Gasteiger partial charge is 0.340 e. The molecule has 0 spiro atoms. The number of benzene rings is 1. The second-order valence-electron chi connectivity index (χ2n) is 6.61. The molecule has 1 aliphatic rings. The van der Waals surface area contributed by atoms with Crippen molar-refractivity contribution in [1.82, 2.24) is 19.9 Å². The van der Waals surface area contributed by atoms with Gasteiger partial charge in [-0.1, -0.05) is 48.7 Å². The minimum atomic E-state index is 0.277. The van der Waals surface area contributed by atoms with Crippen molar-refractivity contribution in [3.8, 4) is 11.5 Å². The maximum atomic E-state index is 12.2. The van der Waals surface area contributed by atoms with E-state index in [2.05, 4.69) is 22.0 Å². The molecule has 0 radical (unpaired) electrons. The van der Waals surface area contributed by atoms with Crippen LogP contribution in [0.1, 0.15) is 38.4 Å². The molecule has 1 amide bonds. The molecule has 1 fully saturated rings. The first-order valence-corrected chi connectivity index (χ1v) is 9.62. The van der Waals surface area contributed by atoms with E-state index >= 15 is 0 Å². The first-order chi connectivity index (χ1) is 12.7. The molecule has 3 rings (SSSR count). The molecule has 0 unspecified atom stereocenters. The number of halogens is 1. The summed E-state index contributed by atoms with van der Waals surface area (Å²) in [7, 11) is 0. The van der Waals surface area contributed by atoms with Crippen LogP contribution in [0.3, 0.4) is 0 Å². The zero-order valence-corrected chi connectivity index (χ0v) is 15.9. The summed E-state index contributed by atoms with van der Waals surface area (Å²) in [5, 5.41) is 4.66. The normalized spacial score (nSPS) is 15.4. The fourth-order valence-corrected chi connectivity index (χ4v) is 3.32. The summed E-state index contributed by atoms with van der Waals surface area (Å²) >= 11 is 6.18. The molecule has 0 N–H and O–H groups in total. The average Bonchev–Trinajstić information content (AvgIpc) is 3.11. The fourth-order valence-electron chi connectivity index (χ4n) is 3.10. The van der Waals surface area contributed by atoms with Gasteiger partial charge in [-0.3, -0.25) is 9.69 Å². The highest BCUT2D eigenvalue weighted by Gasteiger charge is 2.22. The Morgan fingerprint density at radius 2 is 1.96 bits per heavy atom. The number of carbonyl (C=O) groups excluding carboxylic acids is 1. The summed E-state index contributed by atoms with van der Waals surface area (Å²) in [6, 6.07) is 7.42. The Balaban J connectivity index is 1.49. The molecule has 1 saturated heterocycles. The maximum Gasteiger partial charge on any atom is 0.259 e. The third-order valence-corrected chi connectivity index (χ3v) is 4.99. The summed E-state index contributed by atoms with van der Waals surface area (Å²) in [4.78, 5) is 20.9. The minimum absolute atomic E-state index is 0.277. The van der Waals surface area contributed by atoms with E-state index in [9.17, 15) is 4.79 Å². The molecule has 7 heteroatoms. The molecule has 1 aliphatic heterocycles. The Kier molecular flexibility index (Phi) is 6.63. The molecule has 0 saturated carbocycles. The van der Waals surface area contributed by atoms with Crippen LogP contribution >= 0.6 is 11.6 Å². The number of aromatic nitrogens is 2. The SMILES string of the molecule is CCCCCC(=O)N1CCN(Cc2noc(-c3ccccc3Cl)n2)CC1. The van der Waals surface area contributed by atoms with Crippen LogP contribution in [-0.2, 0) is 11.3 Å². The van der Waals surface area contributed by atoms with Crippen molar-refractivity contribution in [3.63, 3.8) is 0 Å². The van der Waals surface area contributed by atoms with Crippen LogP contribution in [0.5, 0.6) is 0 Å². The highest BCUT2D eigenvalue weighted by molar-refractivity contribution is 6.33. The Morgan fingerprint density at radius 3 is 2.69 bits per heavy atom. The van der Waals surface area contributed by atoms with Gasteiger partial charge in [0.15, 0.2) is 5.82 Å². The zero-order chi connectivity index (χ0) is 18.4. The Hall–Kier alpha value is -1.92. The Bertz CT molecular complexity index is 726. The van der Waals surface area contributed by atoms with Gasteiger partial charge in [-0.15, -0.1) is 0 Å². The minimum Gasteiger partial charge on any atom is -0.340 e. The molecule has 26 heavy (non-hydrogen) atoms. The molecule has 2 aromatic rings. The van der Waals surface area contributed by atoms with Crippen molar-refractivity contribution >= 4 is 17.5 Å². The third-order valence-electron chi connectivity index (χ3n) is 4.66. The number of hydrogen-bond donors (Lipinski definition) is 0. The van der Waals surface area contributed by atoms with Gasteiger partial charge in [-0.2, -0.15) is 4.98 Å². The molecule has 6 nitrogen and oxygen atoms in total. The molecule has 0 atom stereocenters. The lowest BCUT2D eigenvalue weighted by Crippen LogP contribution is -2.48. The van der Waals surface area contributed by atoms with E-state index in [4.69, 9.17) is 16.1 Å². The fraction of sp³-hybridized carbons (Fsp3) is 0.526. The van der Waals surface area contributed by atoms with Crippen LogP contribution in [0.4, 0.5) is 0 Å². The maximum absolute atomic E-state index is 12.2. The molecule has 140 valence electrons. The summed E-state index contributed by atoms with van der Waals surface area (Å²) < 4.78 is 5.35. The Labute approximate surface area is 159 Å². The summed E-state index contributed by atoms with van der Waals surface area (Å²) in [5.74, 6) is 1.36. The summed E-state index contributed by atoms with van der Waals surface area (Å²) in [5.41, 5.74) is 0.746. The van der Waals surface area contributed by atoms with Crippen LogP contribution in [0.2, 0.25) is 5.02 Å². The predicted octanol–water partition coefficient (Wildman–Crippen LogP) is 3.61. The second-order valence-corrected chi connectivity index (χ2v) is 7.02. The van der Waals surface area contributed by atoms with Gasteiger partial charge in [0.05, 0.1) is 17.1 Å². The van der Waals surface area contributed by atoms with Gasteiger partial charge in [0.2, 0.25) is 5.91 Å². The van der Waals surface area contributed by atoms with E-state index in [1.165, 1.54) is 0 Å². The number of hydrogen-bond acceptors (Lipinski definition) is 5. The first kappa shape index (κ1) is 18.9. The van der Waals surface area contributed by atoms with E-state index in [-0.39, 0.29) is 5.91 Å². The first-order valence-electron chi connectivity index (χ1n) is 9.25. The van der Waals surface area contributed by atoms with Crippen LogP contribution in [0, 0.1) is 0 Å². The van der Waals surface area contributed by atoms with Gasteiger partial charge in [-0.25, -0.2) is 0 Å². The van der Waals surface area contributed by atoms with E-state index < -0.39 is 0 Å². The van der Waals surface area contributed by atoms with Gasteiger partial charge in [0, 0.05) is 32.6 Å². The van der Waals surface area contributed by atoms with Crippen LogP contribution in [0.15, 0.2) is 28.8 Å². The lowest BCUT2D eigenvalue weighted by molar-refractivity contribution is -0.133. The lowest BCUT2D eigenvalue weighted by atomic mass is 10.2. The third kappa shape index (κ3) is 4.83. The Morgan fingerprint density at radius 1 is 1.19 bits per heavy atom. The van der Waals surface area contributed by atoms with Crippen molar-refractivity contribution < 1.29 is 9.32 Å². The van der Waals surface area contributed by atoms with Gasteiger partial charge >= 0.3 is 0 Å². The van der Waals surface area contributed by atoms with Gasteiger partial charge < -0.3 is 9.42 Å². The molecule has 0 aliphatic carbocycles. The molecule has 0 bridgehead atoms. The van der Waals surface area contributed by atoms with Crippen molar-refractivity contribution in [2.75, 3.05) is 26.2 Å². The quantitative estimate of drug-likeness (QED) is 0.691. The number of rotatable bonds is 7. The second kappa shape index (κ2) is 9.14. The highest BCUT2D eigenvalue weighted by Crippen LogP contribution is 2.26. The number of piperazine rings is 1. The standard InChI is InChI=1S/C19H25ClN4O2/c1-2-3-4-9-18(25)24-12-10-23(11-13-24)14-17-21-19(26-22-17)15-7-5-6-8-16(15)20/h5-8H,2-4,9-14H2,1H3. The number of carbonyl (C=O) groups is 1. The van der Waals surface area contributed by atoms with E-state index in [1.807, 2.05) is 23.1 Å². The average molecular weight is 377 g/mol. The predicted molar refractivity (Wildman–Crippen MR) is 101 cm³/mol. The molecule has 1 aromatic heterocycles. The van der Waals surface area contributed by atoms with E-state index in [0.29, 0.717) is 29.7 Å². The number of nitrogens with zero attached hydrogens (tertiary/aromatic N) is 4. The zero-order valence-electron chi connectivity index (χ0n) is 15.2. The van der Waals surface area contributed by atoms with Crippen LogP contribution < -0.4 is 0 Å². The smallest absolute Gasteiger partial charge is 0.259 e. The molecule has 1 aromatic carbocycles. The topological polar surface area (TPSA) is 62.5 Å². The van der Waals surface area contributed by atoms with Crippen LogP contribution in [-0.4, -0.2) is 52.0 Å². The van der Waals surface area contributed by atoms with Gasteiger partial charge in [-0.05, 0) is 18.6 Å². The number of amides is 1. The molecule has 2 heterocycles. The summed E-state index contributed by atoms with van der Waals surface area (Å²) in [6.45, 7) is 5.95. The van der Waals surface area contributed by atoms with Crippen LogP contribution in [0.25, 0.3) is 11.5 Å². The lowest BCUT2D eigenvalue weighted by Gasteiger charge is -2.34. The molecular weight excluding hydrogens is 352 g/mol. The van der Waals surface area contributed by atoms with Gasteiger partial charge in [0.1, 0.15) is 0 Å². The van der Waals surface area contributed by atoms with Crippen molar-refractivity contribution in [3.05, 3.63) is 35.1 Å².